The summed E-state index contributed by atoms with van der Waals surface area (Å²) in [5.74, 6) is 0.349. The highest BCUT2D eigenvalue weighted by Gasteiger charge is 2.49. The van der Waals surface area contributed by atoms with Crippen LogP contribution in [0.3, 0.4) is 0 Å². The summed E-state index contributed by atoms with van der Waals surface area (Å²) < 4.78 is 11.3. The van der Waals surface area contributed by atoms with E-state index in [4.69, 9.17) is 15.2 Å². The molecule has 3 nitrogen and oxygen atoms in total. The SMILES string of the molecule is COC(C)C(N)C1CC(C)(C)OC1(C)C. The molecule has 0 aromatic heterocycles. The van der Waals surface area contributed by atoms with Crippen LogP contribution in [0.15, 0.2) is 0 Å². The third kappa shape index (κ3) is 2.71. The van der Waals surface area contributed by atoms with Gasteiger partial charge in [-0.25, -0.2) is 0 Å². The van der Waals surface area contributed by atoms with Gasteiger partial charge in [-0.2, -0.15) is 0 Å². The van der Waals surface area contributed by atoms with E-state index in [2.05, 4.69) is 27.7 Å². The summed E-state index contributed by atoms with van der Waals surface area (Å²) in [4.78, 5) is 0. The van der Waals surface area contributed by atoms with Crippen LogP contribution in [-0.4, -0.2) is 30.5 Å². The van der Waals surface area contributed by atoms with Crippen molar-refractivity contribution in [1.82, 2.24) is 0 Å². The fraction of sp³-hybridized carbons (Fsp3) is 1.00. The number of methoxy groups -OCH3 is 1. The van der Waals surface area contributed by atoms with Gasteiger partial charge in [-0.15, -0.1) is 0 Å². The Bertz CT molecular complexity index is 226. The standard InChI is InChI=1S/C12H25NO2/c1-8(14-6)10(13)9-7-11(2,3)15-12(9,4)5/h8-10H,7,13H2,1-6H3. The van der Waals surface area contributed by atoms with Gasteiger partial charge in [0.1, 0.15) is 0 Å². The number of nitrogens with two attached hydrogens (primary N) is 1. The molecule has 90 valence electrons. The predicted octanol–water partition coefficient (Wildman–Crippen LogP) is 1.94. The summed E-state index contributed by atoms with van der Waals surface area (Å²) >= 11 is 0. The Hall–Kier alpha value is -0.120. The zero-order chi connectivity index (χ0) is 11.9. The van der Waals surface area contributed by atoms with Gasteiger partial charge < -0.3 is 15.2 Å². The van der Waals surface area contributed by atoms with E-state index in [1.54, 1.807) is 7.11 Å². The number of hydrogen-bond donors (Lipinski definition) is 1. The first-order valence-corrected chi connectivity index (χ1v) is 5.68. The molecule has 0 aliphatic carbocycles. The van der Waals surface area contributed by atoms with E-state index in [0.717, 1.165) is 6.42 Å². The van der Waals surface area contributed by atoms with Crippen molar-refractivity contribution in [1.29, 1.82) is 0 Å². The Morgan fingerprint density at radius 2 is 1.87 bits per heavy atom. The van der Waals surface area contributed by atoms with Crippen molar-refractivity contribution in [2.24, 2.45) is 11.7 Å². The zero-order valence-electron chi connectivity index (χ0n) is 10.8. The van der Waals surface area contributed by atoms with E-state index >= 15 is 0 Å². The molecule has 1 aliphatic rings. The molecule has 1 fully saturated rings. The maximum absolute atomic E-state index is 6.22. The van der Waals surface area contributed by atoms with E-state index in [0.29, 0.717) is 5.92 Å². The summed E-state index contributed by atoms with van der Waals surface area (Å²) in [6, 6.07) is 0.0341. The quantitative estimate of drug-likeness (QED) is 0.782. The Morgan fingerprint density at radius 1 is 1.33 bits per heavy atom. The molecule has 0 saturated carbocycles. The molecule has 3 heteroatoms. The van der Waals surface area contributed by atoms with Crippen molar-refractivity contribution < 1.29 is 9.47 Å². The van der Waals surface area contributed by atoms with Gasteiger partial charge in [-0.05, 0) is 41.0 Å². The Kier molecular flexibility index (Phi) is 3.49. The summed E-state index contributed by atoms with van der Waals surface area (Å²) in [5.41, 5.74) is 6.00. The van der Waals surface area contributed by atoms with Crippen LogP contribution in [-0.2, 0) is 9.47 Å². The second kappa shape index (κ2) is 4.04. The molecular formula is C12H25NO2. The molecule has 0 aromatic carbocycles. The first-order chi connectivity index (χ1) is 6.69. The summed E-state index contributed by atoms with van der Waals surface area (Å²) in [6.45, 7) is 10.5. The molecule has 1 heterocycles. The largest absolute Gasteiger partial charge is 0.380 e. The normalized spacial score (nSPS) is 32.6. The van der Waals surface area contributed by atoms with Gasteiger partial charge in [-0.1, -0.05) is 0 Å². The highest BCUT2D eigenvalue weighted by molar-refractivity contribution is 5.00. The van der Waals surface area contributed by atoms with Crippen LogP contribution < -0.4 is 5.73 Å². The topological polar surface area (TPSA) is 44.5 Å². The molecule has 1 aliphatic heterocycles. The van der Waals surface area contributed by atoms with Crippen LogP contribution in [0, 0.1) is 5.92 Å². The molecule has 0 aromatic rings. The fourth-order valence-electron chi connectivity index (χ4n) is 2.69. The van der Waals surface area contributed by atoms with Gasteiger partial charge in [0.15, 0.2) is 0 Å². The van der Waals surface area contributed by atoms with Crippen molar-refractivity contribution in [3.63, 3.8) is 0 Å². The average Bonchev–Trinajstić information content (AvgIpc) is 2.31. The van der Waals surface area contributed by atoms with E-state index < -0.39 is 0 Å². The van der Waals surface area contributed by atoms with Gasteiger partial charge in [0, 0.05) is 19.1 Å². The highest BCUT2D eigenvalue weighted by Crippen LogP contribution is 2.43. The molecule has 1 saturated heterocycles. The van der Waals surface area contributed by atoms with Crippen molar-refractivity contribution >= 4 is 0 Å². The molecular weight excluding hydrogens is 190 g/mol. The monoisotopic (exact) mass is 215 g/mol. The molecule has 3 atom stereocenters. The maximum atomic E-state index is 6.22. The minimum absolute atomic E-state index is 0.0341. The van der Waals surface area contributed by atoms with Crippen molar-refractivity contribution in [2.45, 2.75) is 64.4 Å². The molecule has 0 amide bonds. The summed E-state index contributed by atoms with van der Waals surface area (Å²) in [7, 11) is 1.71. The van der Waals surface area contributed by atoms with Crippen LogP contribution in [0.25, 0.3) is 0 Å². The lowest BCUT2D eigenvalue weighted by Gasteiger charge is -2.33. The van der Waals surface area contributed by atoms with E-state index in [1.807, 2.05) is 6.92 Å². The number of ether oxygens (including phenoxy) is 2. The van der Waals surface area contributed by atoms with Gasteiger partial charge in [0.05, 0.1) is 17.3 Å². The predicted molar refractivity (Wildman–Crippen MR) is 61.8 cm³/mol. The second-order valence-electron chi connectivity index (χ2n) is 5.79. The molecule has 1 rings (SSSR count). The van der Waals surface area contributed by atoms with E-state index in [9.17, 15) is 0 Å². The van der Waals surface area contributed by atoms with Gasteiger partial charge in [-0.3, -0.25) is 0 Å². The molecule has 3 unspecified atom stereocenters. The van der Waals surface area contributed by atoms with Crippen LogP contribution >= 0.6 is 0 Å². The minimum Gasteiger partial charge on any atom is -0.380 e. The fourth-order valence-corrected chi connectivity index (χ4v) is 2.69. The van der Waals surface area contributed by atoms with Crippen molar-refractivity contribution in [3.8, 4) is 0 Å². The van der Waals surface area contributed by atoms with Crippen LogP contribution in [0.1, 0.15) is 41.0 Å². The third-order valence-corrected chi connectivity index (χ3v) is 3.52. The highest BCUT2D eigenvalue weighted by atomic mass is 16.5. The summed E-state index contributed by atoms with van der Waals surface area (Å²) in [5, 5.41) is 0. The third-order valence-electron chi connectivity index (χ3n) is 3.52. The minimum atomic E-state index is -0.157. The lowest BCUT2D eigenvalue weighted by Crippen LogP contribution is -2.47. The number of rotatable bonds is 3. The van der Waals surface area contributed by atoms with Crippen LogP contribution in [0.5, 0.6) is 0 Å². The molecule has 0 spiro atoms. The van der Waals surface area contributed by atoms with Gasteiger partial charge >= 0.3 is 0 Å². The van der Waals surface area contributed by atoms with E-state index in [-0.39, 0.29) is 23.3 Å². The lowest BCUT2D eigenvalue weighted by atomic mass is 9.80. The first-order valence-electron chi connectivity index (χ1n) is 5.68. The van der Waals surface area contributed by atoms with Crippen LogP contribution in [0.4, 0.5) is 0 Å². The Morgan fingerprint density at radius 3 is 2.20 bits per heavy atom. The smallest absolute Gasteiger partial charge is 0.0697 e. The molecule has 2 N–H and O–H groups in total. The van der Waals surface area contributed by atoms with Crippen molar-refractivity contribution in [3.05, 3.63) is 0 Å². The lowest BCUT2D eigenvalue weighted by molar-refractivity contribution is -0.0812. The second-order valence-corrected chi connectivity index (χ2v) is 5.79. The molecule has 0 bridgehead atoms. The zero-order valence-corrected chi connectivity index (χ0v) is 10.8. The molecule has 15 heavy (non-hydrogen) atoms. The van der Waals surface area contributed by atoms with Crippen LogP contribution in [0.2, 0.25) is 0 Å². The van der Waals surface area contributed by atoms with Crippen molar-refractivity contribution in [2.75, 3.05) is 7.11 Å². The Labute approximate surface area is 93.3 Å². The van der Waals surface area contributed by atoms with Gasteiger partial charge in [0.2, 0.25) is 0 Å². The Balaban J connectivity index is 2.78. The summed E-state index contributed by atoms with van der Waals surface area (Å²) in [6.07, 6.45) is 1.07. The molecule has 0 radical (unpaired) electrons. The maximum Gasteiger partial charge on any atom is 0.0697 e. The van der Waals surface area contributed by atoms with E-state index in [1.165, 1.54) is 0 Å². The van der Waals surface area contributed by atoms with Gasteiger partial charge in [0.25, 0.3) is 0 Å². The average molecular weight is 215 g/mol. The number of hydrogen-bond acceptors (Lipinski definition) is 3. The first kappa shape index (κ1) is 12.9.